The number of carbonyl (C=O) groups is 2. The molecule has 0 radical (unpaired) electrons. The van der Waals surface area contributed by atoms with Gasteiger partial charge in [-0.1, -0.05) is 0 Å². The van der Waals surface area contributed by atoms with E-state index < -0.39 is 24.0 Å². The number of amides is 2. The van der Waals surface area contributed by atoms with E-state index in [-0.39, 0.29) is 6.79 Å². The summed E-state index contributed by atoms with van der Waals surface area (Å²) < 4.78 is 9.38. The molecule has 1 saturated heterocycles. The lowest BCUT2D eigenvalue weighted by Gasteiger charge is -2.08. The predicted molar refractivity (Wildman–Crippen MR) is 33.0 cm³/mol. The maximum absolute atomic E-state index is 10.5. The summed E-state index contributed by atoms with van der Waals surface area (Å²) >= 11 is 0. The lowest BCUT2D eigenvalue weighted by molar-refractivity contribution is -0.133. The summed E-state index contributed by atoms with van der Waals surface area (Å²) in [6.07, 6.45) is -2.07. The summed E-state index contributed by atoms with van der Waals surface area (Å²) in [6, 6.07) is 0. The van der Waals surface area contributed by atoms with E-state index in [1.807, 2.05) is 0 Å². The Morgan fingerprint density at radius 2 is 1.45 bits per heavy atom. The van der Waals surface area contributed by atoms with Crippen molar-refractivity contribution in [2.75, 3.05) is 6.79 Å². The molecule has 0 aromatic rings. The molecule has 62 valence electrons. The van der Waals surface area contributed by atoms with Gasteiger partial charge in [0, 0.05) is 0 Å². The fourth-order valence-corrected chi connectivity index (χ4v) is 0.823. The molecule has 0 aliphatic carbocycles. The van der Waals surface area contributed by atoms with Crippen molar-refractivity contribution in [1.29, 1.82) is 0 Å². The van der Waals surface area contributed by atoms with Crippen molar-refractivity contribution in [2.45, 2.75) is 12.2 Å². The van der Waals surface area contributed by atoms with Crippen molar-refractivity contribution in [3.05, 3.63) is 0 Å². The zero-order valence-corrected chi connectivity index (χ0v) is 5.65. The minimum absolute atomic E-state index is 0.124. The van der Waals surface area contributed by atoms with Crippen LogP contribution in [-0.4, -0.2) is 30.8 Å². The average molecular weight is 160 g/mol. The highest BCUT2D eigenvalue weighted by atomic mass is 16.7. The van der Waals surface area contributed by atoms with Crippen molar-refractivity contribution < 1.29 is 19.1 Å². The molecule has 0 aromatic heterocycles. The van der Waals surface area contributed by atoms with E-state index in [0.29, 0.717) is 0 Å². The van der Waals surface area contributed by atoms with E-state index in [0.717, 1.165) is 0 Å². The summed E-state index contributed by atoms with van der Waals surface area (Å²) in [5.41, 5.74) is 9.75. The van der Waals surface area contributed by atoms with Crippen LogP contribution >= 0.6 is 0 Å². The molecule has 2 amide bonds. The maximum Gasteiger partial charge on any atom is 0.249 e. The van der Waals surface area contributed by atoms with Crippen molar-refractivity contribution in [1.82, 2.24) is 0 Å². The van der Waals surface area contributed by atoms with E-state index in [9.17, 15) is 9.59 Å². The van der Waals surface area contributed by atoms with Gasteiger partial charge in [-0.15, -0.1) is 0 Å². The lowest BCUT2D eigenvalue weighted by atomic mass is 10.2. The molecule has 0 unspecified atom stereocenters. The summed E-state index contributed by atoms with van der Waals surface area (Å²) in [6.45, 7) is -0.124. The smallest absolute Gasteiger partial charge is 0.249 e. The van der Waals surface area contributed by atoms with E-state index in [4.69, 9.17) is 20.9 Å². The van der Waals surface area contributed by atoms with E-state index in [1.165, 1.54) is 0 Å². The molecule has 1 aliphatic rings. The van der Waals surface area contributed by atoms with Crippen molar-refractivity contribution in [2.24, 2.45) is 11.5 Å². The Hall–Kier alpha value is -1.14. The quantitative estimate of drug-likeness (QED) is 0.473. The van der Waals surface area contributed by atoms with Gasteiger partial charge in [0.25, 0.3) is 0 Å². The van der Waals surface area contributed by atoms with Gasteiger partial charge in [0.15, 0.2) is 12.2 Å². The van der Waals surface area contributed by atoms with E-state index in [1.54, 1.807) is 0 Å². The van der Waals surface area contributed by atoms with Gasteiger partial charge in [0.05, 0.1) is 0 Å². The fraction of sp³-hybridized carbons (Fsp3) is 0.600. The second-order valence-electron chi connectivity index (χ2n) is 2.10. The molecule has 1 heterocycles. The Kier molecular flexibility index (Phi) is 2.06. The first-order chi connectivity index (χ1) is 5.13. The number of hydrogen-bond acceptors (Lipinski definition) is 4. The van der Waals surface area contributed by atoms with Crippen molar-refractivity contribution >= 4 is 11.8 Å². The Balaban J connectivity index is 2.65. The van der Waals surface area contributed by atoms with Crippen LogP contribution in [0.3, 0.4) is 0 Å². The van der Waals surface area contributed by atoms with Crippen LogP contribution < -0.4 is 11.5 Å². The third-order valence-electron chi connectivity index (χ3n) is 1.33. The molecule has 4 N–H and O–H groups in total. The predicted octanol–water partition coefficient (Wildman–Crippen LogP) is -2.30. The molecule has 1 rings (SSSR count). The van der Waals surface area contributed by atoms with E-state index >= 15 is 0 Å². The zero-order valence-electron chi connectivity index (χ0n) is 5.65. The van der Waals surface area contributed by atoms with Crippen LogP contribution in [0.25, 0.3) is 0 Å². The minimum Gasteiger partial charge on any atom is -0.367 e. The van der Waals surface area contributed by atoms with Gasteiger partial charge in [-0.05, 0) is 0 Å². The first kappa shape index (κ1) is 7.96. The molecule has 0 aromatic carbocycles. The lowest BCUT2D eigenvalue weighted by Crippen LogP contribution is -2.44. The Morgan fingerprint density at radius 3 is 1.73 bits per heavy atom. The van der Waals surface area contributed by atoms with Crippen LogP contribution in [0.4, 0.5) is 0 Å². The molecule has 2 atom stereocenters. The Bertz CT molecular complexity index is 173. The molecule has 1 aliphatic heterocycles. The largest absolute Gasteiger partial charge is 0.367 e. The van der Waals surface area contributed by atoms with Crippen molar-refractivity contribution in [3.8, 4) is 0 Å². The van der Waals surface area contributed by atoms with Gasteiger partial charge < -0.3 is 20.9 Å². The third-order valence-corrected chi connectivity index (χ3v) is 1.33. The highest BCUT2D eigenvalue weighted by Gasteiger charge is 2.37. The van der Waals surface area contributed by atoms with Gasteiger partial charge in [-0.2, -0.15) is 0 Å². The van der Waals surface area contributed by atoms with Crippen molar-refractivity contribution in [3.63, 3.8) is 0 Å². The van der Waals surface area contributed by atoms with E-state index in [2.05, 4.69) is 0 Å². The second kappa shape index (κ2) is 2.85. The molecular formula is C5H8N2O4. The molecule has 11 heavy (non-hydrogen) atoms. The number of rotatable bonds is 2. The first-order valence-corrected chi connectivity index (χ1v) is 2.95. The number of carbonyl (C=O) groups excluding carboxylic acids is 2. The van der Waals surface area contributed by atoms with Gasteiger partial charge in [0.2, 0.25) is 11.8 Å². The Morgan fingerprint density at radius 1 is 1.09 bits per heavy atom. The number of hydrogen-bond donors (Lipinski definition) is 2. The second-order valence-corrected chi connectivity index (χ2v) is 2.10. The molecule has 0 spiro atoms. The average Bonchev–Trinajstić information content (AvgIpc) is 2.32. The number of ether oxygens (including phenoxy) is 2. The minimum atomic E-state index is -1.03. The summed E-state index contributed by atoms with van der Waals surface area (Å²) in [5.74, 6) is -1.49. The van der Waals surface area contributed by atoms with Gasteiger partial charge in [-0.3, -0.25) is 9.59 Å². The molecule has 6 nitrogen and oxygen atoms in total. The molecule has 0 saturated carbocycles. The highest BCUT2D eigenvalue weighted by molar-refractivity contribution is 5.89. The van der Waals surface area contributed by atoms with Crippen LogP contribution in [0.5, 0.6) is 0 Å². The van der Waals surface area contributed by atoms with Crippen LogP contribution in [0.2, 0.25) is 0 Å². The standard InChI is InChI=1S/C5H8N2O4/c6-4(8)2-3(5(7)9)11-1-10-2/h2-3H,1H2,(H2,6,8)(H2,7,9)/t2-,3-/m0/s1. The van der Waals surface area contributed by atoms with Crippen LogP contribution in [0.15, 0.2) is 0 Å². The molecule has 6 heteroatoms. The van der Waals surface area contributed by atoms with Crippen LogP contribution in [0, 0.1) is 0 Å². The maximum atomic E-state index is 10.5. The topological polar surface area (TPSA) is 105 Å². The zero-order chi connectivity index (χ0) is 8.43. The molecule has 0 bridgehead atoms. The van der Waals surface area contributed by atoms with Gasteiger partial charge >= 0.3 is 0 Å². The number of primary amides is 2. The summed E-state index contributed by atoms with van der Waals surface area (Å²) in [7, 11) is 0. The number of nitrogens with two attached hydrogens (primary N) is 2. The third kappa shape index (κ3) is 1.47. The molecule has 1 fully saturated rings. The van der Waals surface area contributed by atoms with Crippen LogP contribution in [0.1, 0.15) is 0 Å². The fourth-order valence-electron chi connectivity index (χ4n) is 0.823. The monoisotopic (exact) mass is 160 g/mol. The Labute approximate surface area is 62.4 Å². The van der Waals surface area contributed by atoms with Gasteiger partial charge in [0.1, 0.15) is 6.79 Å². The summed E-state index contributed by atoms with van der Waals surface area (Å²) in [4.78, 5) is 21.1. The first-order valence-electron chi connectivity index (χ1n) is 2.95. The SMILES string of the molecule is NC(=O)[C@H]1OCO[C@@H]1C(N)=O. The highest BCUT2D eigenvalue weighted by Crippen LogP contribution is 2.11. The normalized spacial score (nSPS) is 30.2. The molecular weight excluding hydrogens is 152 g/mol. The summed E-state index contributed by atoms with van der Waals surface area (Å²) in [5, 5.41) is 0. The van der Waals surface area contributed by atoms with Crippen LogP contribution in [-0.2, 0) is 19.1 Å². The van der Waals surface area contributed by atoms with Gasteiger partial charge in [-0.25, -0.2) is 0 Å².